The van der Waals surface area contributed by atoms with E-state index in [0.29, 0.717) is 12.2 Å². The number of carbonyl (C=O) groups is 1. The number of fused-ring (bicyclic) bond motifs is 3. The van der Waals surface area contributed by atoms with E-state index in [1.165, 1.54) is 0 Å². The highest BCUT2D eigenvalue weighted by molar-refractivity contribution is 5.96. The van der Waals surface area contributed by atoms with Gasteiger partial charge in [-0.1, -0.05) is 48.5 Å². The summed E-state index contributed by atoms with van der Waals surface area (Å²) in [6.07, 6.45) is -1.42. The van der Waals surface area contributed by atoms with Gasteiger partial charge in [-0.15, -0.1) is 0 Å². The fourth-order valence-corrected chi connectivity index (χ4v) is 4.11. The first-order valence-electron chi connectivity index (χ1n) is 9.16. The van der Waals surface area contributed by atoms with Crippen molar-refractivity contribution < 1.29 is 23.7 Å². The molecule has 0 radical (unpaired) electrons. The third-order valence-corrected chi connectivity index (χ3v) is 5.45. The van der Waals surface area contributed by atoms with Crippen LogP contribution >= 0.6 is 0 Å². The van der Waals surface area contributed by atoms with Crippen LogP contribution in [0.1, 0.15) is 22.2 Å². The highest BCUT2D eigenvalue weighted by atomic mass is 16.7. The summed E-state index contributed by atoms with van der Waals surface area (Å²) in [7, 11) is 1.60. The standard InChI is InChI=1S/C21H21NO5/c1-24-21-17-16(22(17)19(23)13-8-4-2-5-9-13)18-15(26-21)12-25-20(27-18)14-10-6-3-7-11-14/h2-11,15-18,20-21H,12H2,1H3/t15-,16+,17-,18-,20-,21+,22?/m0/s1. The summed E-state index contributed by atoms with van der Waals surface area (Å²) in [5.74, 6) is -0.0248. The molecular weight excluding hydrogens is 346 g/mol. The number of nitrogens with zero attached hydrogens (tertiary/aromatic N) is 1. The Bertz CT molecular complexity index is 814. The zero-order chi connectivity index (χ0) is 18.4. The van der Waals surface area contributed by atoms with Crippen molar-refractivity contribution in [1.29, 1.82) is 0 Å². The van der Waals surface area contributed by atoms with Crippen molar-refractivity contribution in [2.24, 2.45) is 0 Å². The molecule has 0 bridgehead atoms. The van der Waals surface area contributed by atoms with E-state index in [1.54, 1.807) is 7.11 Å². The quantitative estimate of drug-likeness (QED) is 0.780. The third-order valence-electron chi connectivity index (χ3n) is 5.45. The Labute approximate surface area is 157 Å². The van der Waals surface area contributed by atoms with Crippen molar-refractivity contribution >= 4 is 5.91 Å². The second-order valence-electron chi connectivity index (χ2n) is 7.01. The largest absolute Gasteiger partial charge is 0.354 e. The zero-order valence-corrected chi connectivity index (χ0v) is 14.9. The van der Waals surface area contributed by atoms with Crippen molar-refractivity contribution in [1.82, 2.24) is 4.90 Å². The molecule has 3 saturated heterocycles. The maximum atomic E-state index is 13.0. The Morgan fingerprint density at radius 2 is 1.70 bits per heavy atom. The summed E-state index contributed by atoms with van der Waals surface area (Å²) in [5.41, 5.74) is 1.62. The molecule has 140 valence electrons. The lowest BCUT2D eigenvalue weighted by Gasteiger charge is -2.39. The normalized spacial score (nSPS) is 34.5. The van der Waals surface area contributed by atoms with E-state index >= 15 is 0 Å². The Balaban J connectivity index is 1.39. The van der Waals surface area contributed by atoms with Crippen LogP contribution in [0.4, 0.5) is 0 Å². The summed E-state index contributed by atoms with van der Waals surface area (Å²) in [4.78, 5) is 14.8. The van der Waals surface area contributed by atoms with Crippen LogP contribution in [0.15, 0.2) is 60.7 Å². The minimum absolute atomic E-state index is 0.0248. The molecule has 2 aromatic carbocycles. The van der Waals surface area contributed by atoms with Crippen molar-refractivity contribution in [2.75, 3.05) is 13.7 Å². The number of benzene rings is 2. The van der Waals surface area contributed by atoms with Crippen LogP contribution in [0.3, 0.4) is 0 Å². The van der Waals surface area contributed by atoms with Gasteiger partial charge in [0.25, 0.3) is 5.91 Å². The average Bonchev–Trinajstić information content (AvgIpc) is 3.49. The van der Waals surface area contributed by atoms with Gasteiger partial charge in [0.1, 0.15) is 18.2 Å². The molecule has 3 aliphatic heterocycles. The predicted octanol–water partition coefficient (Wildman–Crippen LogP) is 2.37. The summed E-state index contributed by atoms with van der Waals surface area (Å²) in [5, 5.41) is 0. The number of amides is 1. The Hall–Kier alpha value is -2.25. The first kappa shape index (κ1) is 16.9. The molecule has 6 heteroatoms. The number of ether oxygens (including phenoxy) is 4. The molecule has 0 unspecified atom stereocenters. The molecule has 27 heavy (non-hydrogen) atoms. The molecule has 1 amide bonds. The van der Waals surface area contributed by atoms with Crippen molar-refractivity contribution in [3.63, 3.8) is 0 Å². The van der Waals surface area contributed by atoms with E-state index in [9.17, 15) is 4.79 Å². The molecule has 5 rings (SSSR count). The van der Waals surface area contributed by atoms with Gasteiger partial charge in [-0.25, -0.2) is 0 Å². The Kier molecular flexibility index (Phi) is 4.21. The lowest BCUT2D eigenvalue weighted by atomic mass is 10.0. The maximum absolute atomic E-state index is 13.0. The van der Waals surface area contributed by atoms with Gasteiger partial charge >= 0.3 is 0 Å². The van der Waals surface area contributed by atoms with Crippen molar-refractivity contribution in [2.45, 2.75) is 36.9 Å². The molecule has 0 spiro atoms. The predicted molar refractivity (Wildman–Crippen MR) is 95.9 cm³/mol. The van der Waals surface area contributed by atoms with Gasteiger partial charge in [-0.05, 0) is 12.1 Å². The molecule has 2 aromatic rings. The van der Waals surface area contributed by atoms with E-state index in [1.807, 2.05) is 65.6 Å². The summed E-state index contributed by atoms with van der Waals surface area (Å²) < 4.78 is 23.6. The third kappa shape index (κ3) is 2.85. The lowest BCUT2D eigenvalue weighted by molar-refractivity contribution is -0.304. The van der Waals surface area contributed by atoms with Crippen molar-refractivity contribution in [3.8, 4) is 0 Å². The fourth-order valence-electron chi connectivity index (χ4n) is 4.11. The van der Waals surface area contributed by atoms with Gasteiger partial charge in [0.05, 0.1) is 12.6 Å². The SMILES string of the molecule is CO[C@@H]1O[C@H]2CO[C@H](c3ccccc3)O[C@@H]2[C@H]2[C@@H]1N2C(=O)c1ccccc1. The minimum atomic E-state index is -0.468. The summed E-state index contributed by atoms with van der Waals surface area (Å²) >= 11 is 0. The number of rotatable bonds is 3. The van der Waals surface area contributed by atoms with Crippen LogP contribution in [0.2, 0.25) is 0 Å². The van der Waals surface area contributed by atoms with Crippen LogP contribution in [-0.2, 0) is 18.9 Å². The topological polar surface area (TPSA) is 57.0 Å². The number of carbonyl (C=O) groups excluding carboxylic acids is 1. The molecule has 0 aliphatic carbocycles. The number of hydrogen-bond acceptors (Lipinski definition) is 5. The zero-order valence-electron chi connectivity index (χ0n) is 14.9. The van der Waals surface area contributed by atoms with Gasteiger partial charge in [0, 0.05) is 18.2 Å². The molecule has 3 aliphatic rings. The van der Waals surface area contributed by atoms with Gasteiger partial charge < -0.3 is 23.8 Å². The molecule has 0 N–H and O–H groups in total. The highest BCUT2D eigenvalue weighted by Crippen LogP contribution is 2.46. The Morgan fingerprint density at radius 1 is 1.00 bits per heavy atom. The van der Waals surface area contributed by atoms with E-state index in [0.717, 1.165) is 5.56 Å². The van der Waals surface area contributed by atoms with Crippen molar-refractivity contribution in [3.05, 3.63) is 71.8 Å². The average molecular weight is 367 g/mol. The molecule has 3 heterocycles. The highest BCUT2D eigenvalue weighted by Gasteiger charge is 2.66. The van der Waals surface area contributed by atoms with E-state index in [2.05, 4.69) is 0 Å². The summed E-state index contributed by atoms with van der Waals surface area (Å²) in [6, 6.07) is 18.9. The number of methoxy groups -OCH3 is 1. The molecule has 6 nitrogen and oxygen atoms in total. The lowest BCUT2D eigenvalue weighted by Crippen LogP contribution is -2.52. The monoisotopic (exact) mass is 367 g/mol. The first-order chi connectivity index (χ1) is 13.3. The minimum Gasteiger partial charge on any atom is -0.354 e. The van der Waals surface area contributed by atoms with Crippen LogP contribution in [0.5, 0.6) is 0 Å². The molecule has 3 fully saturated rings. The van der Waals surface area contributed by atoms with E-state index < -0.39 is 12.6 Å². The second kappa shape index (κ2) is 6.73. The Morgan fingerprint density at radius 3 is 2.41 bits per heavy atom. The van der Waals surface area contributed by atoms with E-state index in [4.69, 9.17) is 18.9 Å². The molecular formula is C21H21NO5. The van der Waals surface area contributed by atoms with Crippen LogP contribution < -0.4 is 0 Å². The maximum Gasteiger partial charge on any atom is 0.254 e. The van der Waals surface area contributed by atoms with Gasteiger partial charge in [-0.3, -0.25) is 4.79 Å². The first-order valence-corrected chi connectivity index (χ1v) is 9.16. The van der Waals surface area contributed by atoms with Gasteiger partial charge in [0.15, 0.2) is 12.6 Å². The molecule has 6 atom stereocenters. The summed E-state index contributed by atoms with van der Waals surface area (Å²) in [6.45, 7) is 0.403. The van der Waals surface area contributed by atoms with Gasteiger partial charge in [0.2, 0.25) is 0 Å². The molecule has 0 saturated carbocycles. The smallest absolute Gasteiger partial charge is 0.254 e. The van der Waals surface area contributed by atoms with Crippen LogP contribution in [0.25, 0.3) is 0 Å². The molecule has 0 aromatic heterocycles. The van der Waals surface area contributed by atoms with Gasteiger partial charge in [-0.2, -0.15) is 0 Å². The van der Waals surface area contributed by atoms with Crippen LogP contribution in [-0.4, -0.2) is 55.1 Å². The fraction of sp³-hybridized carbons (Fsp3) is 0.381. The second-order valence-corrected chi connectivity index (χ2v) is 7.01. The van der Waals surface area contributed by atoms with Crippen LogP contribution in [0, 0.1) is 0 Å². The number of hydrogen-bond donors (Lipinski definition) is 0. The van der Waals surface area contributed by atoms with E-state index in [-0.39, 0.29) is 30.2 Å².